The van der Waals surface area contributed by atoms with Crippen LogP contribution in [-0.2, 0) is 42.9 Å². The van der Waals surface area contributed by atoms with Gasteiger partial charge in [0.1, 0.15) is 24.4 Å². The van der Waals surface area contributed by atoms with Gasteiger partial charge in [-0.15, -0.1) is 0 Å². The number of carbonyl (C=O) groups is 5. The molecule has 202 valence electrons. The van der Waals surface area contributed by atoms with Gasteiger partial charge in [-0.25, -0.2) is 0 Å². The van der Waals surface area contributed by atoms with Gasteiger partial charge in [-0.3, -0.25) is 24.0 Å². The summed E-state index contributed by atoms with van der Waals surface area (Å²) in [7, 11) is 0. The average molecular weight is 517 g/mol. The molecule has 3 saturated carbocycles. The number of rotatable bonds is 4. The largest absolute Gasteiger partial charge is 0.462 e. The second kappa shape index (κ2) is 8.81. The summed E-state index contributed by atoms with van der Waals surface area (Å²) in [6, 6.07) is 0. The van der Waals surface area contributed by atoms with E-state index in [1.165, 1.54) is 33.8 Å². The molecule has 0 saturated heterocycles. The van der Waals surface area contributed by atoms with Gasteiger partial charge in [0.2, 0.25) is 0 Å². The molecule has 0 unspecified atom stereocenters. The lowest BCUT2D eigenvalue weighted by atomic mass is 9.40. The minimum absolute atomic E-state index is 0.158. The maximum absolute atomic E-state index is 13.2. The lowest BCUT2D eigenvalue weighted by molar-refractivity contribution is -0.276. The Hall–Kier alpha value is -2.97. The second-order valence-electron chi connectivity index (χ2n) is 11.8. The Morgan fingerprint density at radius 1 is 0.865 bits per heavy atom. The van der Waals surface area contributed by atoms with E-state index in [0.717, 1.165) is 0 Å². The zero-order valence-electron chi connectivity index (χ0n) is 22.5. The van der Waals surface area contributed by atoms with Gasteiger partial charge in [-0.2, -0.15) is 0 Å². The summed E-state index contributed by atoms with van der Waals surface area (Å²) in [5.41, 5.74) is -2.37. The third kappa shape index (κ3) is 3.92. The van der Waals surface area contributed by atoms with Crippen LogP contribution in [0.25, 0.3) is 0 Å². The first kappa shape index (κ1) is 27.1. The summed E-state index contributed by atoms with van der Waals surface area (Å²) in [6.45, 7) is 14.9. The van der Waals surface area contributed by atoms with E-state index in [2.05, 4.69) is 6.58 Å². The SMILES string of the molecule is C=C1[C@H]2C[C@H](OC(C)=O)[C@H]3[C@]4(C)C=CC(=O)C(C)(C)[C@H]4[C@@H](OC(C)=O)[C@H](OC(C)=O)[C@@]3(C2)[C@@H]1OC(C)=O. The zero-order valence-corrected chi connectivity index (χ0v) is 22.5. The fourth-order valence-electron chi connectivity index (χ4n) is 8.34. The molecule has 2 bridgehead atoms. The van der Waals surface area contributed by atoms with Gasteiger partial charge in [-0.1, -0.05) is 33.4 Å². The van der Waals surface area contributed by atoms with Crippen LogP contribution in [0, 0.1) is 34.0 Å². The molecule has 0 N–H and O–H groups in total. The molecule has 37 heavy (non-hydrogen) atoms. The number of hydrogen-bond donors (Lipinski definition) is 0. The second-order valence-corrected chi connectivity index (χ2v) is 11.8. The van der Waals surface area contributed by atoms with Crippen LogP contribution in [-0.4, -0.2) is 54.1 Å². The zero-order chi connectivity index (χ0) is 27.7. The van der Waals surface area contributed by atoms with Crippen molar-refractivity contribution in [3.63, 3.8) is 0 Å². The number of fused-ring (bicyclic) bond motifs is 3. The van der Waals surface area contributed by atoms with Crippen molar-refractivity contribution in [1.82, 2.24) is 0 Å². The summed E-state index contributed by atoms with van der Waals surface area (Å²) >= 11 is 0. The average Bonchev–Trinajstić information content (AvgIpc) is 2.94. The Morgan fingerprint density at radius 2 is 1.43 bits per heavy atom. The van der Waals surface area contributed by atoms with Crippen LogP contribution in [0.4, 0.5) is 0 Å². The van der Waals surface area contributed by atoms with Gasteiger partial charge >= 0.3 is 23.9 Å². The van der Waals surface area contributed by atoms with Crippen molar-refractivity contribution in [2.75, 3.05) is 0 Å². The van der Waals surface area contributed by atoms with Crippen molar-refractivity contribution in [3.05, 3.63) is 24.3 Å². The molecule has 3 fully saturated rings. The van der Waals surface area contributed by atoms with Crippen molar-refractivity contribution >= 4 is 29.7 Å². The van der Waals surface area contributed by atoms with E-state index in [4.69, 9.17) is 18.9 Å². The maximum atomic E-state index is 13.2. The van der Waals surface area contributed by atoms with Gasteiger partial charge in [0.05, 0.1) is 5.41 Å². The highest BCUT2D eigenvalue weighted by Crippen LogP contribution is 2.72. The molecule has 0 aromatic rings. The molecule has 9 heteroatoms. The highest BCUT2D eigenvalue weighted by Gasteiger charge is 2.78. The van der Waals surface area contributed by atoms with E-state index in [9.17, 15) is 24.0 Å². The van der Waals surface area contributed by atoms with E-state index in [1.807, 2.05) is 6.92 Å². The molecule has 0 aliphatic heterocycles. The number of ketones is 1. The Morgan fingerprint density at radius 3 is 1.97 bits per heavy atom. The smallest absolute Gasteiger partial charge is 0.303 e. The summed E-state index contributed by atoms with van der Waals surface area (Å²) in [5, 5.41) is 0. The highest BCUT2D eigenvalue weighted by atomic mass is 16.6. The molecule has 0 heterocycles. The fraction of sp³-hybridized carbons (Fsp3) is 0.679. The monoisotopic (exact) mass is 516 g/mol. The molecule has 4 aliphatic carbocycles. The van der Waals surface area contributed by atoms with Gasteiger partial charge in [0, 0.05) is 50.4 Å². The molecule has 4 rings (SSSR count). The molecule has 9 nitrogen and oxygen atoms in total. The molecule has 0 aromatic heterocycles. The molecule has 0 radical (unpaired) electrons. The molecule has 1 spiro atoms. The molecule has 0 aromatic carbocycles. The number of allylic oxidation sites excluding steroid dienone is 2. The summed E-state index contributed by atoms with van der Waals surface area (Å²) in [4.78, 5) is 62.9. The van der Waals surface area contributed by atoms with Gasteiger partial charge in [0.15, 0.2) is 5.78 Å². The van der Waals surface area contributed by atoms with Gasteiger partial charge < -0.3 is 18.9 Å². The van der Waals surface area contributed by atoms with E-state index in [-0.39, 0.29) is 11.7 Å². The summed E-state index contributed by atoms with van der Waals surface area (Å²) in [6.07, 6.45) is 0.557. The fourth-order valence-corrected chi connectivity index (χ4v) is 8.34. The van der Waals surface area contributed by atoms with E-state index in [1.54, 1.807) is 19.9 Å². The first-order valence-electron chi connectivity index (χ1n) is 12.7. The van der Waals surface area contributed by atoms with Crippen molar-refractivity contribution in [2.24, 2.45) is 34.0 Å². The highest BCUT2D eigenvalue weighted by molar-refractivity contribution is 5.96. The number of esters is 4. The van der Waals surface area contributed by atoms with Crippen molar-refractivity contribution in [1.29, 1.82) is 0 Å². The quantitative estimate of drug-likeness (QED) is 0.315. The molecule has 0 amide bonds. The minimum atomic E-state index is -1.12. The number of ether oxygens (including phenoxy) is 4. The predicted molar refractivity (Wildman–Crippen MR) is 130 cm³/mol. The summed E-state index contributed by atoms with van der Waals surface area (Å²) in [5.74, 6) is -3.75. The normalized spacial score (nSPS) is 41.2. The minimum Gasteiger partial charge on any atom is -0.462 e. The molecule has 4 aliphatic rings. The van der Waals surface area contributed by atoms with Crippen LogP contribution in [0.1, 0.15) is 61.3 Å². The number of carbonyl (C=O) groups excluding carboxylic acids is 5. The third-order valence-corrected chi connectivity index (χ3v) is 9.12. The van der Waals surface area contributed by atoms with Crippen molar-refractivity contribution in [2.45, 2.75) is 85.7 Å². The van der Waals surface area contributed by atoms with Crippen LogP contribution < -0.4 is 0 Å². The molecular formula is C28H36O9. The van der Waals surface area contributed by atoms with Crippen LogP contribution in [0.5, 0.6) is 0 Å². The Kier molecular flexibility index (Phi) is 6.44. The van der Waals surface area contributed by atoms with E-state index < -0.39 is 76.4 Å². The first-order valence-corrected chi connectivity index (χ1v) is 12.7. The molecular weight excluding hydrogens is 480 g/mol. The summed E-state index contributed by atoms with van der Waals surface area (Å²) < 4.78 is 23.8. The Balaban J connectivity index is 2.08. The van der Waals surface area contributed by atoms with Crippen LogP contribution in [0.2, 0.25) is 0 Å². The Labute approximate surface area is 216 Å². The topological polar surface area (TPSA) is 122 Å². The van der Waals surface area contributed by atoms with Crippen LogP contribution in [0.3, 0.4) is 0 Å². The van der Waals surface area contributed by atoms with E-state index >= 15 is 0 Å². The standard InChI is InChI=1S/C28H36O9/c1-13-18-11-19(34-14(2)29)22-27(8)10-9-20(33)26(6,7)23(27)21(35-15(3)30)25(37-17(5)32)28(22,12-18)24(13)36-16(4)31/h9-10,18-19,21-25H,1,11-12H2,2-8H3/t18-,19-,21+,22-,23+,24+,25-,27-,28+/m0/s1. The third-order valence-electron chi connectivity index (χ3n) is 9.12. The molecule has 9 atom stereocenters. The van der Waals surface area contributed by atoms with Gasteiger partial charge in [-0.05, 0) is 30.4 Å². The Bertz CT molecular complexity index is 1100. The lowest BCUT2D eigenvalue weighted by Crippen LogP contribution is -2.73. The van der Waals surface area contributed by atoms with Crippen molar-refractivity contribution < 1.29 is 42.9 Å². The number of hydrogen-bond acceptors (Lipinski definition) is 9. The maximum Gasteiger partial charge on any atom is 0.303 e. The van der Waals surface area contributed by atoms with Gasteiger partial charge in [0.25, 0.3) is 0 Å². The first-order chi connectivity index (χ1) is 17.1. The lowest BCUT2D eigenvalue weighted by Gasteiger charge is -2.66. The van der Waals surface area contributed by atoms with E-state index in [0.29, 0.717) is 18.4 Å². The predicted octanol–water partition coefficient (Wildman–Crippen LogP) is 3.10. The van der Waals surface area contributed by atoms with Crippen molar-refractivity contribution in [3.8, 4) is 0 Å². The van der Waals surface area contributed by atoms with Crippen LogP contribution >= 0.6 is 0 Å². The van der Waals surface area contributed by atoms with Crippen LogP contribution in [0.15, 0.2) is 24.3 Å².